The monoisotopic (exact) mass is 177 g/mol. The fourth-order valence-electron chi connectivity index (χ4n) is 0.921. The molecule has 0 aliphatic heterocycles. The highest BCUT2D eigenvalue weighted by Crippen LogP contribution is 2.20. The number of rotatable bonds is 4. The summed E-state index contributed by atoms with van der Waals surface area (Å²) in [4.78, 5) is 0. The molecule has 1 nitrogen and oxygen atoms in total. The predicted molar refractivity (Wildman–Crippen MR) is 57.5 cm³/mol. The summed E-state index contributed by atoms with van der Waals surface area (Å²) < 4.78 is 3.48. The molecule has 11 heavy (non-hydrogen) atoms. The maximum absolute atomic E-state index is 3.48. The Balaban J connectivity index is 3.15. The van der Waals surface area contributed by atoms with Crippen molar-refractivity contribution in [2.75, 3.05) is 19.1 Å². The molecular weight excluding hydrogens is 154 g/mol. The Kier molecular flexibility index (Phi) is 5.19. The largest absolute Gasteiger partial charge is 0.284 e. The summed E-state index contributed by atoms with van der Waals surface area (Å²) in [6.45, 7) is 8.09. The normalized spacial score (nSPS) is 13.4. The van der Waals surface area contributed by atoms with Gasteiger partial charge in [-0.25, -0.2) is 11.1 Å². The fraction of sp³-hybridized carbons (Fsp3) is 1.00. The Hall–Kier alpha value is 0.310. The molecule has 0 aliphatic rings. The molecule has 0 unspecified atom stereocenters. The average molecular weight is 177 g/mol. The van der Waals surface area contributed by atoms with Crippen LogP contribution >= 0.6 is 11.1 Å². The maximum Gasteiger partial charge on any atom is 0.00412 e. The van der Waals surface area contributed by atoms with Gasteiger partial charge in [-0.2, -0.15) is 0 Å². The van der Waals surface area contributed by atoms with Crippen molar-refractivity contribution in [2.45, 2.75) is 33.6 Å². The smallest absolute Gasteiger partial charge is 0.00412 e. The average Bonchev–Trinajstić information content (AvgIpc) is 1.78. The van der Waals surface area contributed by atoms with Crippen molar-refractivity contribution in [1.82, 2.24) is 4.72 Å². The molecule has 0 aromatic rings. The van der Waals surface area contributed by atoms with Crippen LogP contribution < -0.4 is 4.72 Å². The molecule has 0 fully saturated rings. The maximum atomic E-state index is 3.48. The minimum Gasteiger partial charge on any atom is -0.284 e. The predicted octanol–water partition coefficient (Wildman–Crippen LogP) is 2.58. The number of hydrogen-bond acceptors (Lipinski definition) is 1. The van der Waals surface area contributed by atoms with Gasteiger partial charge in [0.25, 0.3) is 0 Å². The zero-order valence-electron chi connectivity index (χ0n) is 8.57. The molecule has 0 aromatic carbocycles. The van der Waals surface area contributed by atoms with Crippen LogP contribution in [0.1, 0.15) is 33.6 Å². The molecule has 70 valence electrons. The first-order chi connectivity index (χ1) is 4.92. The number of hydrogen-bond donors (Lipinski definition) is 2. The zero-order chi connectivity index (χ0) is 8.91. The van der Waals surface area contributed by atoms with E-state index in [-0.39, 0.29) is 11.1 Å². The van der Waals surface area contributed by atoms with E-state index in [0.717, 1.165) is 0 Å². The highest BCUT2D eigenvalue weighted by Gasteiger charge is 2.08. The van der Waals surface area contributed by atoms with Crippen LogP contribution in [0.3, 0.4) is 0 Å². The van der Waals surface area contributed by atoms with Gasteiger partial charge in [-0.15, -0.1) is 0 Å². The Morgan fingerprint density at radius 2 is 1.73 bits per heavy atom. The molecule has 2 heteroatoms. The van der Waals surface area contributed by atoms with Gasteiger partial charge in [0.1, 0.15) is 0 Å². The Morgan fingerprint density at radius 3 is 2.09 bits per heavy atom. The second-order valence-corrected chi connectivity index (χ2v) is 6.57. The van der Waals surface area contributed by atoms with Crippen molar-refractivity contribution >= 4 is 11.1 Å². The molecule has 0 saturated heterocycles. The van der Waals surface area contributed by atoms with Crippen LogP contribution in [0.25, 0.3) is 0 Å². The summed E-state index contributed by atoms with van der Waals surface area (Å²) >= 11 is 0.102. The van der Waals surface area contributed by atoms with E-state index in [1.165, 1.54) is 19.4 Å². The molecule has 0 aromatic heterocycles. The van der Waals surface area contributed by atoms with Crippen molar-refractivity contribution in [1.29, 1.82) is 0 Å². The summed E-state index contributed by atoms with van der Waals surface area (Å²) in [5.41, 5.74) is 0.506. The van der Waals surface area contributed by atoms with E-state index in [1.54, 1.807) is 0 Å². The van der Waals surface area contributed by atoms with E-state index in [0.29, 0.717) is 5.41 Å². The van der Waals surface area contributed by atoms with Crippen molar-refractivity contribution in [3.8, 4) is 0 Å². The SMILES string of the molecule is C[SH](C)NCCCC(C)(C)C. The third-order valence-electron chi connectivity index (χ3n) is 1.53. The molecule has 0 amide bonds. The highest BCUT2D eigenvalue weighted by atomic mass is 32.2. The summed E-state index contributed by atoms with van der Waals surface area (Å²) in [5, 5.41) is 0. The van der Waals surface area contributed by atoms with Crippen LogP contribution in [0.15, 0.2) is 0 Å². The van der Waals surface area contributed by atoms with Gasteiger partial charge < -0.3 is 0 Å². The van der Waals surface area contributed by atoms with Crippen LogP contribution in [0.4, 0.5) is 0 Å². The first-order valence-corrected chi connectivity index (χ1v) is 6.56. The highest BCUT2D eigenvalue weighted by molar-refractivity contribution is 8.14. The zero-order valence-corrected chi connectivity index (χ0v) is 9.46. The second kappa shape index (κ2) is 5.04. The van der Waals surface area contributed by atoms with Crippen LogP contribution in [0.5, 0.6) is 0 Å². The van der Waals surface area contributed by atoms with Crippen molar-refractivity contribution in [2.24, 2.45) is 5.41 Å². The molecule has 0 heterocycles. The van der Waals surface area contributed by atoms with Gasteiger partial charge in [0.15, 0.2) is 0 Å². The molecule has 0 bridgehead atoms. The molecule has 1 N–H and O–H groups in total. The Morgan fingerprint density at radius 1 is 1.18 bits per heavy atom. The minimum atomic E-state index is 0.102. The summed E-state index contributed by atoms with van der Waals surface area (Å²) in [6.07, 6.45) is 7.14. The number of thiol groups is 1. The van der Waals surface area contributed by atoms with E-state index < -0.39 is 0 Å². The van der Waals surface area contributed by atoms with Gasteiger partial charge in [0.05, 0.1) is 0 Å². The van der Waals surface area contributed by atoms with Crippen LogP contribution in [0.2, 0.25) is 0 Å². The summed E-state index contributed by atoms with van der Waals surface area (Å²) in [5.74, 6) is 0. The molecule has 0 saturated carbocycles. The van der Waals surface area contributed by atoms with Crippen LogP contribution in [0, 0.1) is 5.41 Å². The molecule has 0 aliphatic carbocycles. The van der Waals surface area contributed by atoms with Gasteiger partial charge >= 0.3 is 0 Å². The lowest BCUT2D eigenvalue weighted by atomic mass is 9.91. The van der Waals surface area contributed by atoms with E-state index in [4.69, 9.17) is 0 Å². The summed E-state index contributed by atoms with van der Waals surface area (Å²) in [6, 6.07) is 0. The molecule has 0 rings (SSSR count). The van der Waals surface area contributed by atoms with Gasteiger partial charge in [0, 0.05) is 6.54 Å². The second-order valence-electron chi connectivity index (χ2n) is 4.47. The quantitative estimate of drug-likeness (QED) is 0.497. The van der Waals surface area contributed by atoms with Crippen molar-refractivity contribution in [3.05, 3.63) is 0 Å². The third-order valence-corrected chi connectivity index (χ3v) is 2.39. The standard InChI is InChI=1S/C9H23NS/c1-9(2,3)7-6-8-10-11(4)5/h10-11H,6-8H2,1-5H3. The first-order valence-electron chi connectivity index (χ1n) is 4.33. The summed E-state index contributed by atoms with van der Waals surface area (Å²) in [7, 11) is 0. The molecule has 0 radical (unpaired) electrons. The van der Waals surface area contributed by atoms with Crippen molar-refractivity contribution in [3.63, 3.8) is 0 Å². The third kappa shape index (κ3) is 10.3. The lowest BCUT2D eigenvalue weighted by Crippen LogP contribution is -2.13. The van der Waals surface area contributed by atoms with Gasteiger partial charge in [-0.3, -0.25) is 4.72 Å². The molecule has 0 atom stereocenters. The topological polar surface area (TPSA) is 12.0 Å². The number of nitrogens with one attached hydrogen (secondary N) is 1. The first kappa shape index (κ1) is 11.3. The van der Waals surface area contributed by atoms with Crippen molar-refractivity contribution < 1.29 is 0 Å². The van der Waals surface area contributed by atoms with E-state index in [2.05, 4.69) is 38.0 Å². The Labute approximate surface area is 74.4 Å². The minimum absolute atomic E-state index is 0.102. The lowest BCUT2D eigenvalue weighted by Gasteiger charge is -2.19. The van der Waals surface area contributed by atoms with Gasteiger partial charge in [-0.1, -0.05) is 20.8 Å². The van der Waals surface area contributed by atoms with Gasteiger partial charge in [0.2, 0.25) is 0 Å². The Bertz CT molecular complexity index is 94.2. The lowest BCUT2D eigenvalue weighted by molar-refractivity contribution is 0.366. The van der Waals surface area contributed by atoms with Crippen LogP contribution in [-0.2, 0) is 0 Å². The van der Waals surface area contributed by atoms with Gasteiger partial charge in [-0.05, 0) is 30.8 Å². The molecular formula is C9H23NS. The van der Waals surface area contributed by atoms with E-state index in [9.17, 15) is 0 Å². The fourth-order valence-corrected chi connectivity index (χ4v) is 1.53. The van der Waals surface area contributed by atoms with Crippen LogP contribution in [-0.4, -0.2) is 19.1 Å². The van der Waals surface area contributed by atoms with E-state index in [1.807, 2.05) is 0 Å². The molecule has 0 spiro atoms. The van der Waals surface area contributed by atoms with E-state index >= 15 is 0 Å².